The predicted molar refractivity (Wildman–Crippen MR) is 52.9 cm³/mol. The van der Waals surface area contributed by atoms with Crippen molar-refractivity contribution in [2.45, 2.75) is 25.3 Å². The zero-order valence-corrected chi connectivity index (χ0v) is 8.92. The maximum absolute atomic E-state index is 11.1. The molecule has 5 unspecified atom stereocenters. The molecule has 14 heavy (non-hydrogen) atoms. The van der Waals surface area contributed by atoms with E-state index in [0.717, 1.165) is 19.3 Å². The molecule has 0 aliphatic heterocycles. The lowest BCUT2D eigenvalue weighted by atomic mass is 9.85. The second kappa shape index (κ2) is 3.62. The molecule has 2 N–H and O–H groups in total. The van der Waals surface area contributed by atoms with Crippen molar-refractivity contribution in [2.24, 2.45) is 17.8 Å². The van der Waals surface area contributed by atoms with Crippen LogP contribution in [-0.2, 0) is 15.8 Å². The fourth-order valence-electron chi connectivity index (χ4n) is 3.01. The van der Waals surface area contributed by atoms with Crippen LogP contribution in [0.25, 0.3) is 0 Å². The van der Waals surface area contributed by atoms with Crippen LogP contribution in [0.4, 0.5) is 0 Å². The summed E-state index contributed by atoms with van der Waals surface area (Å²) >= 11 is 0. The Morgan fingerprint density at radius 1 is 1.43 bits per heavy atom. The van der Waals surface area contributed by atoms with Crippen LogP contribution in [-0.4, -0.2) is 27.6 Å². The zero-order chi connectivity index (χ0) is 10.3. The summed E-state index contributed by atoms with van der Waals surface area (Å²) < 4.78 is 13.9. The molecule has 0 aromatic carbocycles. The van der Waals surface area contributed by atoms with Crippen molar-refractivity contribution >= 4 is 17.0 Å². The molecule has 0 amide bonds. The van der Waals surface area contributed by atoms with E-state index < -0.39 is 17.0 Å². The third kappa shape index (κ3) is 1.59. The van der Waals surface area contributed by atoms with Gasteiger partial charge in [-0.1, -0.05) is 0 Å². The number of aliphatic carboxylic acids is 1. The Morgan fingerprint density at radius 2 is 2.07 bits per heavy atom. The summed E-state index contributed by atoms with van der Waals surface area (Å²) in [4.78, 5) is 11.0. The van der Waals surface area contributed by atoms with Crippen LogP contribution < -0.4 is 4.72 Å². The Hall–Kier alpha value is -0.420. The molecule has 80 valence electrons. The minimum atomic E-state index is -1.11. The molecular weight excluding hydrogens is 202 g/mol. The standard InChI is InChI=1S/C9H15NO3S/c1-14(13)10-8-6-3-2-5(4-6)7(8)9(11)12/h5-8,10H,2-4H2,1H3,(H,11,12). The normalized spacial score (nSPS) is 42.6. The number of nitrogens with one attached hydrogen (secondary N) is 1. The third-order valence-electron chi connectivity index (χ3n) is 3.50. The number of hydrogen-bond acceptors (Lipinski definition) is 2. The number of carbonyl (C=O) groups is 1. The van der Waals surface area contributed by atoms with Gasteiger partial charge in [0, 0.05) is 12.3 Å². The van der Waals surface area contributed by atoms with E-state index in [9.17, 15) is 9.00 Å². The summed E-state index contributed by atoms with van der Waals surface area (Å²) in [5.41, 5.74) is 0. The van der Waals surface area contributed by atoms with E-state index in [4.69, 9.17) is 5.11 Å². The smallest absolute Gasteiger partial charge is 0.308 e. The van der Waals surface area contributed by atoms with Crippen molar-refractivity contribution in [3.8, 4) is 0 Å². The first-order valence-electron chi connectivity index (χ1n) is 4.92. The van der Waals surface area contributed by atoms with Gasteiger partial charge in [-0.3, -0.25) is 4.79 Å². The first-order valence-corrected chi connectivity index (χ1v) is 6.48. The first-order chi connectivity index (χ1) is 6.59. The van der Waals surface area contributed by atoms with Gasteiger partial charge in [0.15, 0.2) is 0 Å². The third-order valence-corrected chi connectivity index (χ3v) is 4.11. The van der Waals surface area contributed by atoms with E-state index in [-0.39, 0.29) is 12.0 Å². The van der Waals surface area contributed by atoms with E-state index in [1.807, 2.05) is 0 Å². The SMILES string of the molecule is CS(=O)NC1C2CCC(C2)C1C(=O)O. The summed E-state index contributed by atoms with van der Waals surface area (Å²) in [5, 5.41) is 9.08. The fourth-order valence-corrected chi connectivity index (χ4v) is 3.73. The molecule has 0 aromatic rings. The van der Waals surface area contributed by atoms with Crippen molar-refractivity contribution in [1.29, 1.82) is 0 Å². The van der Waals surface area contributed by atoms with Gasteiger partial charge in [0.2, 0.25) is 0 Å². The van der Waals surface area contributed by atoms with Crippen molar-refractivity contribution in [1.82, 2.24) is 4.72 Å². The number of rotatable bonds is 3. The highest BCUT2D eigenvalue weighted by molar-refractivity contribution is 7.82. The second-order valence-corrected chi connectivity index (χ2v) is 5.44. The molecule has 2 fully saturated rings. The lowest BCUT2D eigenvalue weighted by Gasteiger charge is -2.27. The Kier molecular flexibility index (Phi) is 2.62. The molecule has 2 rings (SSSR count). The van der Waals surface area contributed by atoms with Gasteiger partial charge < -0.3 is 5.11 Å². The molecule has 0 aromatic heterocycles. The number of carboxylic acids is 1. The van der Waals surface area contributed by atoms with Gasteiger partial charge in [0.25, 0.3) is 0 Å². The number of carboxylic acid groups (broad SMARTS) is 1. The lowest BCUT2D eigenvalue weighted by molar-refractivity contribution is -0.144. The Labute approximate surface area is 85.7 Å². The van der Waals surface area contributed by atoms with Crippen LogP contribution >= 0.6 is 0 Å². The van der Waals surface area contributed by atoms with Crippen molar-refractivity contribution < 1.29 is 14.1 Å². The van der Waals surface area contributed by atoms with E-state index in [2.05, 4.69) is 4.72 Å². The summed E-state index contributed by atoms with van der Waals surface area (Å²) in [6, 6.07) is -0.0721. The zero-order valence-electron chi connectivity index (χ0n) is 8.10. The minimum Gasteiger partial charge on any atom is -0.481 e. The van der Waals surface area contributed by atoms with Gasteiger partial charge in [0.05, 0.1) is 16.9 Å². The van der Waals surface area contributed by atoms with Gasteiger partial charge in [0.1, 0.15) is 0 Å². The fraction of sp³-hybridized carbons (Fsp3) is 0.889. The van der Waals surface area contributed by atoms with Crippen molar-refractivity contribution in [3.05, 3.63) is 0 Å². The van der Waals surface area contributed by atoms with Gasteiger partial charge in [-0.05, 0) is 31.1 Å². The molecule has 2 aliphatic carbocycles. The molecule has 0 heterocycles. The number of hydrogen-bond donors (Lipinski definition) is 2. The van der Waals surface area contributed by atoms with E-state index in [1.54, 1.807) is 6.26 Å². The maximum Gasteiger partial charge on any atom is 0.308 e. The van der Waals surface area contributed by atoms with Gasteiger partial charge in [-0.15, -0.1) is 0 Å². The Bertz CT molecular complexity index is 281. The number of fused-ring (bicyclic) bond motifs is 2. The van der Waals surface area contributed by atoms with Gasteiger partial charge in [-0.25, -0.2) is 8.93 Å². The molecule has 2 aliphatic rings. The van der Waals surface area contributed by atoms with E-state index in [0.29, 0.717) is 11.8 Å². The summed E-state index contributed by atoms with van der Waals surface area (Å²) in [5.74, 6) is -0.332. The van der Waals surface area contributed by atoms with Gasteiger partial charge in [-0.2, -0.15) is 0 Å². The van der Waals surface area contributed by atoms with Crippen LogP contribution in [0.1, 0.15) is 19.3 Å². The van der Waals surface area contributed by atoms with Crippen molar-refractivity contribution in [3.63, 3.8) is 0 Å². The average Bonchev–Trinajstić information content (AvgIpc) is 2.61. The van der Waals surface area contributed by atoms with Crippen LogP contribution in [0, 0.1) is 17.8 Å². The van der Waals surface area contributed by atoms with Crippen LogP contribution in [0.5, 0.6) is 0 Å². The van der Waals surface area contributed by atoms with Gasteiger partial charge >= 0.3 is 5.97 Å². The monoisotopic (exact) mass is 217 g/mol. The molecule has 4 nitrogen and oxygen atoms in total. The highest BCUT2D eigenvalue weighted by Crippen LogP contribution is 2.48. The van der Waals surface area contributed by atoms with E-state index >= 15 is 0 Å². The molecule has 0 radical (unpaired) electrons. The molecule has 0 spiro atoms. The van der Waals surface area contributed by atoms with Crippen LogP contribution in [0.3, 0.4) is 0 Å². The van der Waals surface area contributed by atoms with Crippen LogP contribution in [0.2, 0.25) is 0 Å². The predicted octanol–water partition coefficient (Wildman–Crippen LogP) is 0.369. The Morgan fingerprint density at radius 3 is 2.64 bits per heavy atom. The largest absolute Gasteiger partial charge is 0.481 e. The summed E-state index contributed by atoms with van der Waals surface area (Å²) in [6.07, 6.45) is 4.66. The molecular formula is C9H15NO3S. The molecule has 0 saturated heterocycles. The second-order valence-electron chi connectivity index (χ2n) is 4.29. The quantitative estimate of drug-likeness (QED) is 0.717. The minimum absolute atomic E-state index is 0.0721. The highest BCUT2D eigenvalue weighted by atomic mass is 32.2. The molecule has 5 atom stereocenters. The molecule has 2 bridgehead atoms. The van der Waals surface area contributed by atoms with Crippen LogP contribution in [0.15, 0.2) is 0 Å². The average molecular weight is 217 g/mol. The molecule has 2 saturated carbocycles. The molecule has 5 heteroatoms. The maximum atomic E-state index is 11.1. The van der Waals surface area contributed by atoms with E-state index in [1.165, 1.54) is 0 Å². The summed E-state index contributed by atoms with van der Waals surface area (Å²) in [6.45, 7) is 0. The summed E-state index contributed by atoms with van der Waals surface area (Å²) in [7, 11) is -1.11. The lowest BCUT2D eigenvalue weighted by Crippen LogP contribution is -2.44. The first kappa shape index (κ1) is 10.1. The topological polar surface area (TPSA) is 66.4 Å². The Balaban J connectivity index is 2.13. The van der Waals surface area contributed by atoms with Crippen molar-refractivity contribution in [2.75, 3.05) is 6.26 Å². The highest BCUT2D eigenvalue weighted by Gasteiger charge is 2.51.